The molecule has 2 aromatic heterocycles. The Morgan fingerprint density at radius 1 is 1.17 bits per heavy atom. The lowest BCUT2D eigenvalue weighted by Crippen LogP contribution is -2.31. The molecule has 1 fully saturated rings. The SMILES string of the molecule is CCCN1C(=S)N[C@@H](c2ccccn2)[C@@H]1c1cccn1-c1ccc(C(=O)OC)cc1. The van der Waals surface area contributed by atoms with Crippen molar-refractivity contribution in [2.75, 3.05) is 13.7 Å². The zero-order valence-corrected chi connectivity index (χ0v) is 17.8. The lowest BCUT2D eigenvalue weighted by atomic mass is 10.0. The molecule has 3 aromatic rings. The molecule has 1 aromatic carbocycles. The van der Waals surface area contributed by atoms with E-state index >= 15 is 0 Å². The summed E-state index contributed by atoms with van der Waals surface area (Å²) in [7, 11) is 1.39. The van der Waals surface area contributed by atoms with Gasteiger partial charge in [0.25, 0.3) is 0 Å². The zero-order valence-electron chi connectivity index (χ0n) is 17.0. The number of aromatic nitrogens is 2. The molecule has 0 aliphatic carbocycles. The van der Waals surface area contributed by atoms with Crippen molar-refractivity contribution in [2.24, 2.45) is 0 Å². The Hall–Kier alpha value is -3.19. The summed E-state index contributed by atoms with van der Waals surface area (Å²) in [5.41, 5.74) is 3.56. The molecule has 0 saturated carbocycles. The zero-order chi connectivity index (χ0) is 21.1. The van der Waals surface area contributed by atoms with E-state index < -0.39 is 0 Å². The Kier molecular flexibility index (Phi) is 5.81. The van der Waals surface area contributed by atoms with Gasteiger partial charge in [-0.15, -0.1) is 0 Å². The highest BCUT2D eigenvalue weighted by atomic mass is 32.1. The van der Waals surface area contributed by atoms with Crippen LogP contribution in [0.25, 0.3) is 5.69 Å². The number of rotatable bonds is 6. The number of thiocarbonyl (C=S) groups is 1. The van der Waals surface area contributed by atoms with Crippen LogP contribution in [0.1, 0.15) is 47.2 Å². The van der Waals surface area contributed by atoms with E-state index in [0.29, 0.717) is 5.56 Å². The first kappa shape index (κ1) is 20.1. The van der Waals surface area contributed by atoms with Crippen LogP contribution in [0.3, 0.4) is 0 Å². The minimum absolute atomic E-state index is 0.00244. The van der Waals surface area contributed by atoms with Crippen molar-refractivity contribution in [1.82, 2.24) is 19.8 Å². The molecule has 1 saturated heterocycles. The molecule has 1 N–H and O–H groups in total. The van der Waals surface area contributed by atoms with Gasteiger partial charge in [-0.2, -0.15) is 0 Å². The maximum absolute atomic E-state index is 11.8. The van der Waals surface area contributed by atoms with Gasteiger partial charge in [0.15, 0.2) is 5.11 Å². The number of carbonyl (C=O) groups is 1. The fourth-order valence-corrected chi connectivity index (χ4v) is 4.29. The van der Waals surface area contributed by atoms with E-state index in [1.807, 2.05) is 48.8 Å². The van der Waals surface area contributed by atoms with Crippen LogP contribution in [-0.4, -0.2) is 39.2 Å². The van der Waals surface area contributed by atoms with Crippen molar-refractivity contribution in [2.45, 2.75) is 25.4 Å². The Balaban J connectivity index is 1.75. The minimum Gasteiger partial charge on any atom is -0.465 e. The highest BCUT2D eigenvalue weighted by Gasteiger charge is 2.40. The van der Waals surface area contributed by atoms with Crippen LogP contribution in [0, 0.1) is 0 Å². The molecular weight excluding hydrogens is 396 g/mol. The molecular formula is C23H24N4O2S. The van der Waals surface area contributed by atoms with Crippen LogP contribution in [0.2, 0.25) is 0 Å². The van der Waals surface area contributed by atoms with Gasteiger partial charge in [0.2, 0.25) is 0 Å². The molecule has 6 nitrogen and oxygen atoms in total. The Morgan fingerprint density at radius 3 is 2.63 bits per heavy atom. The number of hydrogen-bond acceptors (Lipinski definition) is 4. The third kappa shape index (κ3) is 3.68. The van der Waals surface area contributed by atoms with Crippen molar-refractivity contribution in [1.29, 1.82) is 0 Å². The molecule has 0 radical (unpaired) electrons. The molecule has 0 amide bonds. The molecule has 1 aliphatic rings. The van der Waals surface area contributed by atoms with Gasteiger partial charge in [-0.1, -0.05) is 13.0 Å². The first-order valence-corrected chi connectivity index (χ1v) is 10.4. The van der Waals surface area contributed by atoms with Gasteiger partial charge < -0.3 is 19.5 Å². The summed E-state index contributed by atoms with van der Waals surface area (Å²) in [6.07, 6.45) is 4.83. The van der Waals surface area contributed by atoms with E-state index in [1.165, 1.54) is 7.11 Å². The molecule has 0 bridgehead atoms. The molecule has 0 spiro atoms. The topological polar surface area (TPSA) is 59.4 Å². The molecule has 3 heterocycles. The molecule has 1 aliphatic heterocycles. The number of esters is 1. The summed E-state index contributed by atoms with van der Waals surface area (Å²) < 4.78 is 6.94. The minimum atomic E-state index is -0.344. The smallest absolute Gasteiger partial charge is 0.337 e. The predicted molar refractivity (Wildman–Crippen MR) is 120 cm³/mol. The fourth-order valence-electron chi connectivity index (χ4n) is 3.95. The average Bonchev–Trinajstić information content (AvgIpc) is 3.39. The number of nitrogens with one attached hydrogen (secondary N) is 1. The normalized spacial score (nSPS) is 18.3. The van der Waals surface area contributed by atoms with Crippen LogP contribution in [0.4, 0.5) is 0 Å². The molecule has 2 atom stereocenters. The van der Waals surface area contributed by atoms with Crippen LogP contribution in [0.15, 0.2) is 67.0 Å². The lowest BCUT2D eigenvalue weighted by Gasteiger charge is -2.28. The number of nitrogens with zero attached hydrogens (tertiary/aromatic N) is 3. The second-order valence-electron chi connectivity index (χ2n) is 7.16. The van der Waals surface area contributed by atoms with Crippen molar-refractivity contribution in [3.63, 3.8) is 0 Å². The number of ether oxygens (including phenoxy) is 1. The third-order valence-corrected chi connectivity index (χ3v) is 5.66. The first-order chi connectivity index (χ1) is 14.6. The maximum Gasteiger partial charge on any atom is 0.337 e. The summed E-state index contributed by atoms with van der Waals surface area (Å²) in [6, 6.07) is 17.5. The van der Waals surface area contributed by atoms with Gasteiger partial charge in [0, 0.05) is 30.3 Å². The van der Waals surface area contributed by atoms with E-state index in [2.05, 4.69) is 32.8 Å². The van der Waals surface area contributed by atoms with Crippen molar-refractivity contribution in [3.8, 4) is 5.69 Å². The Morgan fingerprint density at radius 2 is 1.97 bits per heavy atom. The largest absolute Gasteiger partial charge is 0.465 e. The van der Waals surface area contributed by atoms with E-state index in [0.717, 1.165) is 35.2 Å². The summed E-state index contributed by atoms with van der Waals surface area (Å²) in [6.45, 7) is 3.00. The molecule has 7 heteroatoms. The molecule has 4 rings (SSSR count). The number of hydrogen-bond donors (Lipinski definition) is 1. The highest BCUT2D eigenvalue weighted by molar-refractivity contribution is 7.80. The van der Waals surface area contributed by atoms with Crippen LogP contribution < -0.4 is 5.32 Å². The number of carbonyl (C=O) groups excluding carboxylic acids is 1. The van der Waals surface area contributed by atoms with Gasteiger partial charge in [0.1, 0.15) is 0 Å². The van der Waals surface area contributed by atoms with Crippen LogP contribution >= 0.6 is 12.2 Å². The van der Waals surface area contributed by atoms with Crippen molar-refractivity contribution in [3.05, 3.63) is 83.9 Å². The van der Waals surface area contributed by atoms with Gasteiger partial charge in [-0.25, -0.2) is 4.79 Å². The number of pyridine rings is 1. The fraction of sp³-hybridized carbons (Fsp3) is 0.261. The second kappa shape index (κ2) is 8.67. The summed E-state index contributed by atoms with van der Waals surface area (Å²) >= 11 is 5.68. The first-order valence-electron chi connectivity index (χ1n) is 9.98. The lowest BCUT2D eigenvalue weighted by molar-refractivity contribution is 0.0600. The van der Waals surface area contributed by atoms with Gasteiger partial charge >= 0.3 is 5.97 Å². The van der Waals surface area contributed by atoms with Gasteiger partial charge in [-0.3, -0.25) is 4.98 Å². The van der Waals surface area contributed by atoms with Crippen LogP contribution in [-0.2, 0) is 4.74 Å². The van der Waals surface area contributed by atoms with Crippen molar-refractivity contribution < 1.29 is 9.53 Å². The van der Waals surface area contributed by atoms with E-state index in [9.17, 15) is 4.79 Å². The quantitative estimate of drug-likeness (QED) is 0.480. The van der Waals surface area contributed by atoms with E-state index in [1.54, 1.807) is 12.1 Å². The second-order valence-corrected chi connectivity index (χ2v) is 7.55. The van der Waals surface area contributed by atoms with E-state index in [-0.39, 0.29) is 18.1 Å². The summed E-state index contributed by atoms with van der Waals surface area (Å²) in [5, 5.41) is 4.22. The standard InChI is InChI=1S/C23H24N4O2S/c1-3-14-27-21(20(25-23(27)30)18-7-4-5-13-24-18)19-8-6-15-26(19)17-11-9-16(10-12-17)22(28)29-2/h4-13,15,20-21H,3,14H2,1-2H3,(H,25,30)/t20-,21-/m0/s1. The summed E-state index contributed by atoms with van der Waals surface area (Å²) in [4.78, 5) is 18.6. The van der Waals surface area contributed by atoms with Gasteiger partial charge in [-0.05, 0) is 67.2 Å². The molecule has 30 heavy (non-hydrogen) atoms. The van der Waals surface area contributed by atoms with Crippen LogP contribution in [0.5, 0.6) is 0 Å². The third-order valence-electron chi connectivity index (χ3n) is 5.31. The predicted octanol–water partition coefficient (Wildman–Crippen LogP) is 4.04. The Labute approximate surface area is 181 Å². The summed E-state index contributed by atoms with van der Waals surface area (Å²) in [5.74, 6) is -0.344. The number of benzene rings is 1. The highest BCUT2D eigenvalue weighted by Crippen LogP contribution is 2.39. The molecule has 154 valence electrons. The average molecular weight is 421 g/mol. The van der Waals surface area contributed by atoms with Crippen molar-refractivity contribution >= 4 is 23.3 Å². The van der Waals surface area contributed by atoms with E-state index in [4.69, 9.17) is 17.0 Å². The van der Waals surface area contributed by atoms with Gasteiger partial charge in [0.05, 0.1) is 30.5 Å². The molecule has 0 unspecified atom stereocenters. The number of methoxy groups -OCH3 is 1. The monoisotopic (exact) mass is 420 g/mol. The maximum atomic E-state index is 11.8. The Bertz CT molecular complexity index is 1030.